The summed E-state index contributed by atoms with van der Waals surface area (Å²) in [6, 6.07) is 0. The molecule has 0 aromatic heterocycles. The van der Waals surface area contributed by atoms with Gasteiger partial charge in [0, 0.05) is 6.61 Å². The highest BCUT2D eigenvalue weighted by molar-refractivity contribution is 7.54. The molecule has 10 nitrogen and oxygen atoms in total. The van der Waals surface area contributed by atoms with Crippen LogP contribution in [0.4, 0.5) is 0 Å². The number of esters is 1. The zero-order valence-electron chi connectivity index (χ0n) is 21.6. The molecule has 0 radical (unpaired) electrons. The van der Waals surface area contributed by atoms with Crippen molar-refractivity contribution >= 4 is 26.9 Å². The van der Waals surface area contributed by atoms with E-state index in [1.54, 1.807) is 13.8 Å². The summed E-state index contributed by atoms with van der Waals surface area (Å²) < 4.78 is 58.1. The number of ether oxygens (including phenoxy) is 2. The van der Waals surface area contributed by atoms with Crippen molar-refractivity contribution in [2.45, 2.75) is 85.9 Å². The molecule has 0 bridgehead atoms. The molecule has 34 heavy (non-hydrogen) atoms. The molecular weight excluding hydrogens is 486 g/mol. The Bertz CT molecular complexity index is 670. The first-order valence-corrected chi connectivity index (χ1v) is 15.6. The summed E-state index contributed by atoms with van der Waals surface area (Å²) in [4.78, 5) is 23.4. The Morgan fingerprint density at radius 2 is 1.26 bits per heavy atom. The SMILES string of the molecule is CCCOP(=O)(CCCCCCP(=O)(OCCOCC)OC(C)C(=O)OCC)OC(C)C(C)=O. The summed E-state index contributed by atoms with van der Waals surface area (Å²) in [6.45, 7) is 11.2. The third-order valence-electron chi connectivity index (χ3n) is 4.65. The van der Waals surface area contributed by atoms with Crippen molar-refractivity contribution in [3.8, 4) is 0 Å². The van der Waals surface area contributed by atoms with Crippen molar-refractivity contribution in [3.05, 3.63) is 0 Å². The van der Waals surface area contributed by atoms with Crippen LogP contribution in [0.15, 0.2) is 0 Å². The van der Waals surface area contributed by atoms with Crippen LogP contribution in [0.25, 0.3) is 0 Å². The predicted octanol–water partition coefficient (Wildman–Crippen LogP) is 5.38. The van der Waals surface area contributed by atoms with E-state index in [9.17, 15) is 18.7 Å². The zero-order chi connectivity index (χ0) is 26.0. The molecule has 0 rings (SSSR count). The van der Waals surface area contributed by atoms with Crippen molar-refractivity contribution < 1.29 is 46.3 Å². The standard InChI is InChI=1S/C22H44O10P2/c1-7-14-29-33(25,31-20(5)19(4)23)17-12-10-11-13-18-34(26,30-16-15-27-8-2)32-21(6)22(24)28-9-3/h20-21H,7-18H2,1-6H3. The van der Waals surface area contributed by atoms with Crippen LogP contribution in [0.1, 0.15) is 73.6 Å². The lowest BCUT2D eigenvalue weighted by Crippen LogP contribution is -2.23. The Hall–Kier alpha value is -0.600. The van der Waals surface area contributed by atoms with Gasteiger partial charge < -0.3 is 18.5 Å². The molecule has 0 aromatic rings. The number of carbonyl (C=O) groups excluding carboxylic acids is 2. The van der Waals surface area contributed by atoms with E-state index >= 15 is 0 Å². The van der Waals surface area contributed by atoms with Crippen molar-refractivity contribution in [3.63, 3.8) is 0 Å². The molecule has 0 saturated heterocycles. The lowest BCUT2D eigenvalue weighted by atomic mass is 10.2. The second kappa shape index (κ2) is 18.6. The molecule has 0 amide bonds. The van der Waals surface area contributed by atoms with Crippen LogP contribution in [0.3, 0.4) is 0 Å². The summed E-state index contributed by atoms with van der Waals surface area (Å²) >= 11 is 0. The smallest absolute Gasteiger partial charge is 0.335 e. The van der Waals surface area contributed by atoms with Crippen molar-refractivity contribution in [1.82, 2.24) is 0 Å². The molecule has 202 valence electrons. The van der Waals surface area contributed by atoms with Gasteiger partial charge in [-0.2, -0.15) is 0 Å². The van der Waals surface area contributed by atoms with Crippen molar-refractivity contribution in [1.29, 1.82) is 0 Å². The van der Waals surface area contributed by atoms with Gasteiger partial charge in [0.1, 0.15) is 6.10 Å². The summed E-state index contributed by atoms with van der Waals surface area (Å²) in [6.07, 6.45) is 1.64. The van der Waals surface area contributed by atoms with Crippen LogP contribution in [0.2, 0.25) is 0 Å². The minimum absolute atomic E-state index is 0.0876. The Morgan fingerprint density at radius 1 is 0.735 bits per heavy atom. The Balaban J connectivity index is 4.72. The normalized spacial score (nSPS) is 16.9. The highest BCUT2D eigenvalue weighted by atomic mass is 31.2. The van der Waals surface area contributed by atoms with Gasteiger partial charge in [-0.3, -0.25) is 23.0 Å². The third-order valence-corrected chi connectivity index (χ3v) is 8.81. The predicted molar refractivity (Wildman–Crippen MR) is 131 cm³/mol. The van der Waals surface area contributed by atoms with Crippen LogP contribution in [0, 0.1) is 0 Å². The van der Waals surface area contributed by atoms with Gasteiger partial charge in [0.05, 0.1) is 38.8 Å². The first-order chi connectivity index (χ1) is 16.0. The molecule has 0 fully saturated rings. The Labute approximate surface area is 204 Å². The third kappa shape index (κ3) is 15.4. The van der Waals surface area contributed by atoms with Crippen LogP contribution < -0.4 is 0 Å². The highest BCUT2D eigenvalue weighted by Crippen LogP contribution is 2.51. The molecule has 4 atom stereocenters. The van der Waals surface area contributed by atoms with Crippen LogP contribution in [0.5, 0.6) is 0 Å². The summed E-state index contributed by atoms with van der Waals surface area (Å²) in [5.74, 6) is -0.809. The molecule has 0 aliphatic rings. The van der Waals surface area contributed by atoms with Gasteiger partial charge in [-0.1, -0.05) is 19.8 Å². The molecular formula is C22H44O10P2. The fourth-order valence-electron chi connectivity index (χ4n) is 2.73. The molecule has 12 heteroatoms. The van der Waals surface area contributed by atoms with Crippen LogP contribution in [-0.4, -0.2) is 69.3 Å². The van der Waals surface area contributed by atoms with Crippen molar-refractivity contribution in [2.75, 3.05) is 45.4 Å². The number of hydrogen-bond acceptors (Lipinski definition) is 10. The van der Waals surface area contributed by atoms with Gasteiger partial charge in [-0.15, -0.1) is 0 Å². The second-order valence-electron chi connectivity index (χ2n) is 7.80. The zero-order valence-corrected chi connectivity index (χ0v) is 23.4. The monoisotopic (exact) mass is 530 g/mol. The number of Topliss-reactive ketones (excluding diaryl/α,β-unsaturated/α-hetero) is 1. The first kappa shape index (κ1) is 33.4. The van der Waals surface area contributed by atoms with E-state index in [4.69, 9.17) is 27.6 Å². The maximum Gasteiger partial charge on any atom is 0.335 e. The molecule has 4 unspecified atom stereocenters. The van der Waals surface area contributed by atoms with Crippen molar-refractivity contribution in [2.24, 2.45) is 0 Å². The molecule has 0 aromatic carbocycles. The van der Waals surface area contributed by atoms with E-state index < -0.39 is 33.4 Å². The Kier molecular flexibility index (Phi) is 18.3. The number of hydrogen-bond donors (Lipinski definition) is 0. The molecule has 0 spiro atoms. The lowest BCUT2D eigenvalue weighted by molar-refractivity contribution is -0.151. The van der Waals surface area contributed by atoms with E-state index in [-0.39, 0.29) is 37.9 Å². The fraction of sp³-hybridized carbons (Fsp3) is 0.909. The summed E-state index contributed by atoms with van der Waals surface area (Å²) in [7, 11) is -6.92. The summed E-state index contributed by atoms with van der Waals surface area (Å²) in [5, 5.41) is 0. The van der Waals surface area contributed by atoms with E-state index in [1.165, 1.54) is 13.8 Å². The minimum atomic E-state index is -3.54. The molecule has 0 aliphatic heterocycles. The minimum Gasteiger partial charge on any atom is -0.464 e. The maximum atomic E-state index is 13.2. The highest BCUT2D eigenvalue weighted by Gasteiger charge is 2.31. The van der Waals surface area contributed by atoms with Gasteiger partial charge in [0.15, 0.2) is 11.9 Å². The molecule has 0 heterocycles. The van der Waals surface area contributed by atoms with E-state index in [0.717, 1.165) is 0 Å². The number of unbranched alkanes of at least 4 members (excludes halogenated alkanes) is 3. The molecule has 0 saturated carbocycles. The molecule has 0 N–H and O–H groups in total. The number of rotatable bonds is 22. The quantitative estimate of drug-likeness (QED) is 0.102. The van der Waals surface area contributed by atoms with Gasteiger partial charge in [-0.05, 0) is 53.9 Å². The van der Waals surface area contributed by atoms with E-state index in [0.29, 0.717) is 45.3 Å². The van der Waals surface area contributed by atoms with Gasteiger partial charge in [-0.25, -0.2) is 4.79 Å². The fourth-order valence-corrected chi connectivity index (χ4v) is 6.55. The Morgan fingerprint density at radius 3 is 1.74 bits per heavy atom. The van der Waals surface area contributed by atoms with Crippen LogP contribution >= 0.6 is 15.2 Å². The van der Waals surface area contributed by atoms with E-state index in [2.05, 4.69) is 0 Å². The van der Waals surface area contributed by atoms with Gasteiger partial charge in [0.25, 0.3) is 0 Å². The largest absolute Gasteiger partial charge is 0.464 e. The summed E-state index contributed by atoms with van der Waals surface area (Å²) in [5.41, 5.74) is 0. The van der Waals surface area contributed by atoms with Crippen LogP contribution in [-0.2, 0) is 46.3 Å². The number of ketones is 1. The first-order valence-electron chi connectivity index (χ1n) is 12.1. The second-order valence-corrected chi connectivity index (χ2v) is 12.1. The van der Waals surface area contributed by atoms with Gasteiger partial charge >= 0.3 is 21.2 Å². The number of carbonyl (C=O) groups is 2. The average molecular weight is 531 g/mol. The topological polar surface area (TPSA) is 124 Å². The average Bonchev–Trinajstić information content (AvgIpc) is 2.78. The maximum absolute atomic E-state index is 13.2. The molecule has 0 aliphatic carbocycles. The van der Waals surface area contributed by atoms with Gasteiger partial charge in [0.2, 0.25) is 0 Å². The lowest BCUT2D eigenvalue weighted by Gasteiger charge is -2.22. The van der Waals surface area contributed by atoms with E-state index in [1.807, 2.05) is 13.8 Å².